The normalized spacial score (nSPS) is 18.0. The standard InChI is InChI=1S/C21H13F4N3O2/c22-15-3-4-16(17(23)7-15)20(12-30-20)21(24,25)18-5-1-14(10-27-18)11-29-19-6-2-13(8-26)9-28-19/h1-7,9-10H,11-12H2. The van der Waals surface area contributed by atoms with Crippen molar-refractivity contribution in [3.63, 3.8) is 0 Å². The fourth-order valence-electron chi connectivity index (χ4n) is 2.99. The zero-order valence-electron chi connectivity index (χ0n) is 15.3. The number of benzene rings is 1. The number of ether oxygens (including phenoxy) is 2. The molecule has 0 bridgehead atoms. The third-order valence-electron chi connectivity index (χ3n) is 4.71. The zero-order valence-corrected chi connectivity index (χ0v) is 15.3. The van der Waals surface area contributed by atoms with Gasteiger partial charge in [0.15, 0.2) is 5.60 Å². The second-order valence-corrected chi connectivity index (χ2v) is 6.65. The van der Waals surface area contributed by atoms with Gasteiger partial charge in [-0.2, -0.15) is 14.0 Å². The van der Waals surface area contributed by atoms with Crippen LogP contribution in [0, 0.1) is 23.0 Å². The first-order valence-corrected chi connectivity index (χ1v) is 8.77. The smallest absolute Gasteiger partial charge is 0.324 e. The summed E-state index contributed by atoms with van der Waals surface area (Å²) in [6.07, 6.45) is 2.56. The molecule has 1 unspecified atom stereocenters. The highest BCUT2D eigenvalue weighted by atomic mass is 19.3. The van der Waals surface area contributed by atoms with E-state index in [1.807, 2.05) is 6.07 Å². The molecule has 0 amide bonds. The maximum Gasteiger partial charge on any atom is 0.324 e. The molecule has 30 heavy (non-hydrogen) atoms. The molecule has 3 aromatic rings. The van der Waals surface area contributed by atoms with Crippen LogP contribution in [-0.4, -0.2) is 16.6 Å². The molecule has 1 aliphatic rings. The molecule has 1 saturated heterocycles. The lowest BCUT2D eigenvalue weighted by Crippen LogP contribution is -2.34. The number of nitrogens with zero attached hydrogens (tertiary/aromatic N) is 3. The molecule has 2 aromatic heterocycles. The van der Waals surface area contributed by atoms with Crippen molar-refractivity contribution in [3.8, 4) is 11.9 Å². The lowest BCUT2D eigenvalue weighted by molar-refractivity contribution is -0.0902. The third kappa shape index (κ3) is 3.46. The minimum Gasteiger partial charge on any atom is -0.473 e. The average Bonchev–Trinajstić information content (AvgIpc) is 3.55. The average molecular weight is 415 g/mol. The SMILES string of the molecule is N#Cc1ccc(OCc2ccc(C(F)(F)C3(c4ccc(F)cc4F)CO3)nc2)nc1. The summed E-state index contributed by atoms with van der Waals surface area (Å²) < 4.78 is 67.8. The van der Waals surface area contributed by atoms with Gasteiger partial charge in [0.25, 0.3) is 0 Å². The molecule has 3 heterocycles. The number of nitriles is 1. The zero-order chi connectivity index (χ0) is 21.4. The lowest BCUT2D eigenvalue weighted by atomic mass is 9.90. The largest absolute Gasteiger partial charge is 0.473 e. The van der Waals surface area contributed by atoms with E-state index in [1.165, 1.54) is 30.6 Å². The monoisotopic (exact) mass is 415 g/mol. The fourth-order valence-corrected chi connectivity index (χ4v) is 2.99. The van der Waals surface area contributed by atoms with Crippen molar-refractivity contribution < 1.29 is 27.0 Å². The molecule has 0 N–H and O–H groups in total. The number of halogens is 4. The quantitative estimate of drug-likeness (QED) is 0.445. The number of hydrogen-bond donors (Lipinski definition) is 0. The Morgan fingerprint density at radius 3 is 2.47 bits per heavy atom. The van der Waals surface area contributed by atoms with Crippen LogP contribution in [0.25, 0.3) is 0 Å². The minimum absolute atomic E-state index is 0.0198. The van der Waals surface area contributed by atoms with Gasteiger partial charge in [-0.25, -0.2) is 13.8 Å². The Balaban J connectivity index is 1.50. The van der Waals surface area contributed by atoms with Crippen LogP contribution in [0.2, 0.25) is 0 Å². The second kappa shape index (κ2) is 7.39. The van der Waals surface area contributed by atoms with Crippen LogP contribution in [-0.2, 0) is 22.9 Å². The summed E-state index contributed by atoms with van der Waals surface area (Å²) in [6, 6.07) is 9.89. The van der Waals surface area contributed by atoms with Crippen molar-refractivity contribution in [2.24, 2.45) is 0 Å². The van der Waals surface area contributed by atoms with Crippen LogP contribution in [0.4, 0.5) is 17.6 Å². The molecule has 1 atom stereocenters. The van der Waals surface area contributed by atoms with E-state index in [-0.39, 0.29) is 12.5 Å². The summed E-state index contributed by atoms with van der Waals surface area (Å²) in [5.74, 6) is -5.35. The van der Waals surface area contributed by atoms with E-state index in [2.05, 4.69) is 9.97 Å². The Labute approximate surface area is 168 Å². The van der Waals surface area contributed by atoms with E-state index in [0.29, 0.717) is 17.2 Å². The number of rotatable bonds is 6. The van der Waals surface area contributed by atoms with Crippen molar-refractivity contribution >= 4 is 0 Å². The van der Waals surface area contributed by atoms with Gasteiger partial charge in [0.2, 0.25) is 5.88 Å². The molecule has 5 nitrogen and oxygen atoms in total. The van der Waals surface area contributed by atoms with Crippen molar-refractivity contribution in [3.05, 3.63) is 88.9 Å². The number of epoxide rings is 1. The molecule has 1 aliphatic heterocycles. The van der Waals surface area contributed by atoms with Crippen molar-refractivity contribution in [1.29, 1.82) is 5.26 Å². The Hall–Kier alpha value is -3.51. The Morgan fingerprint density at radius 1 is 1.10 bits per heavy atom. The third-order valence-corrected chi connectivity index (χ3v) is 4.71. The topological polar surface area (TPSA) is 71.3 Å². The molecular formula is C21H13F4N3O2. The predicted molar refractivity (Wildman–Crippen MR) is 95.4 cm³/mol. The first kappa shape index (κ1) is 19.8. The van der Waals surface area contributed by atoms with Crippen LogP contribution in [0.5, 0.6) is 5.88 Å². The lowest BCUT2D eigenvalue weighted by Gasteiger charge is -2.24. The van der Waals surface area contributed by atoms with Crippen LogP contribution < -0.4 is 4.74 Å². The van der Waals surface area contributed by atoms with E-state index in [0.717, 1.165) is 18.2 Å². The number of pyridine rings is 2. The molecule has 0 aliphatic carbocycles. The van der Waals surface area contributed by atoms with E-state index in [9.17, 15) is 8.78 Å². The molecule has 9 heteroatoms. The van der Waals surface area contributed by atoms with E-state index in [1.54, 1.807) is 0 Å². The van der Waals surface area contributed by atoms with Gasteiger partial charge in [-0.3, -0.25) is 4.98 Å². The number of hydrogen-bond acceptors (Lipinski definition) is 5. The van der Waals surface area contributed by atoms with Gasteiger partial charge in [-0.05, 0) is 24.3 Å². The highest BCUT2D eigenvalue weighted by Gasteiger charge is 2.68. The molecular weight excluding hydrogens is 402 g/mol. The molecule has 1 aromatic carbocycles. The first-order valence-electron chi connectivity index (χ1n) is 8.77. The summed E-state index contributed by atoms with van der Waals surface area (Å²) in [5.41, 5.74) is -2.37. The molecule has 4 rings (SSSR count). The highest BCUT2D eigenvalue weighted by Crippen LogP contribution is 2.56. The maximum absolute atomic E-state index is 15.1. The van der Waals surface area contributed by atoms with Crippen LogP contribution in [0.15, 0.2) is 54.9 Å². The van der Waals surface area contributed by atoms with Gasteiger partial charge in [-0.15, -0.1) is 0 Å². The summed E-state index contributed by atoms with van der Waals surface area (Å²) in [6.45, 7) is -0.397. The van der Waals surface area contributed by atoms with Crippen molar-refractivity contribution in [2.45, 2.75) is 18.1 Å². The second-order valence-electron chi connectivity index (χ2n) is 6.65. The van der Waals surface area contributed by atoms with E-state index < -0.39 is 41.0 Å². The van der Waals surface area contributed by atoms with Gasteiger partial charge in [0.1, 0.15) is 30.0 Å². The minimum atomic E-state index is -3.64. The van der Waals surface area contributed by atoms with Crippen molar-refractivity contribution in [2.75, 3.05) is 6.61 Å². The summed E-state index contributed by atoms with van der Waals surface area (Å²) in [4.78, 5) is 7.75. The Bertz CT molecular complexity index is 1110. The van der Waals surface area contributed by atoms with E-state index in [4.69, 9.17) is 14.7 Å². The van der Waals surface area contributed by atoms with Gasteiger partial charge >= 0.3 is 5.92 Å². The van der Waals surface area contributed by atoms with Crippen LogP contribution >= 0.6 is 0 Å². The van der Waals surface area contributed by atoms with Gasteiger partial charge in [0, 0.05) is 35.7 Å². The molecule has 0 radical (unpaired) electrons. The molecule has 0 spiro atoms. The fraction of sp³-hybridized carbons (Fsp3) is 0.190. The van der Waals surface area contributed by atoms with Crippen LogP contribution in [0.3, 0.4) is 0 Å². The van der Waals surface area contributed by atoms with Gasteiger partial charge < -0.3 is 9.47 Å². The van der Waals surface area contributed by atoms with E-state index >= 15 is 8.78 Å². The number of aromatic nitrogens is 2. The molecule has 152 valence electrons. The summed E-state index contributed by atoms with van der Waals surface area (Å²) in [7, 11) is 0. The highest BCUT2D eigenvalue weighted by molar-refractivity contribution is 5.35. The number of alkyl halides is 2. The summed E-state index contributed by atoms with van der Waals surface area (Å²) >= 11 is 0. The molecule has 0 saturated carbocycles. The van der Waals surface area contributed by atoms with Gasteiger partial charge in [-0.1, -0.05) is 6.07 Å². The van der Waals surface area contributed by atoms with Crippen LogP contribution in [0.1, 0.15) is 22.4 Å². The summed E-state index contributed by atoms with van der Waals surface area (Å²) in [5, 5.41) is 8.74. The van der Waals surface area contributed by atoms with Crippen molar-refractivity contribution in [1.82, 2.24) is 9.97 Å². The Morgan fingerprint density at radius 2 is 1.90 bits per heavy atom. The Kier molecular flexibility index (Phi) is 4.87. The predicted octanol–water partition coefficient (Wildman–Crippen LogP) is 4.22. The molecule has 1 fully saturated rings. The van der Waals surface area contributed by atoms with Gasteiger partial charge in [0.05, 0.1) is 12.2 Å². The first-order chi connectivity index (χ1) is 14.4. The maximum atomic E-state index is 15.1.